The fourth-order valence-corrected chi connectivity index (χ4v) is 9.47. The highest BCUT2D eigenvalue weighted by Gasteiger charge is 2.45. The average molecular weight is 889 g/mol. The van der Waals surface area contributed by atoms with Crippen molar-refractivity contribution in [3.05, 3.63) is 117 Å². The van der Waals surface area contributed by atoms with Crippen LogP contribution in [0.3, 0.4) is 0 Å². The van der Waals surface area contributed by atoms with E-state index in [0.29, 0.717) is 105 Å². The zero-order valence-corrected chi connectivity index (χ0v) is 36.7. The average Bonchev–Trinajstić information content (AvgIpc) is 3.58. The number of nitrogens with zero attached hydrogens (tertiary/aromatic N) is 4. The first-order valence-corrected chi connectivity index (χ1v) is 21.0. The molecule has 5 aromatic rings. The number of carbonyl (C=O) groups excluding carboxylic acids is 2. The lowest BCUT2D eigenvalue weighted by atomic mass is 9.86. The van der Waals surface area contributed by atoms with Crippen molar-refractivity contribution in [2.45, 2.75) is 64.6 Å². The molecule has 0 spiro atoms. The fraction of sp³-hybridized carbons (Fsp3) is 0.400. The number of aryl methyl sites for hydroxylation is 1. The number of rotatable bonds is 9. The molecule has 4 aliphatic rings. The van der Waals surface area contributed by atoms with Crippen LogP contribution in [-0.4, -0.2) is 94.5 Å². The van der Waals surface area contributed by atoms with Gasteiger partial charge in [-0.2, -0.15) is 0 Å². The van der Waals surface area contributed by atoms with Gasteiger partial charge in [0.05, 0.1) is 78.1 Å². The van der Waals surface area contributed by atoms with Gasteiger partial charge in [0.2, 0.25) is 0 Å². The van der Waals surface area contributed by atoms with Crippen molar-refractivity contribution in [1.29, 1.82) is 0 Å². The van der Waals surface area contributed by atoms with E-state index in [-0.39, 0.29) is 54.4 Å². The van der Waals surface area contributed by atoms with Crippen LogP contribution in [0, 0.1) is 12.8 Å². The number of phenolic OH excluding ortho intramolecular Hbond substituents is 1. The van der Waals surface area contributed by atoms with Crippen LogP contribution in [0.5, 0.6) is 11.5 Å². The van der Waals surface area contributed by atoms with E-state index < -0.39 is 11.6 Å². The van der Waals surface area contributed by atoms with Crippen molar-refractivity contribution < 1.29 is 38.7 Å². The molecule has 326 valence electrons. The quantitative estimate of drug-likeness (QED) is 0.158. The Morgan fingerprint density at radius 1 is 1.06 bits per heavy atom. The maximum atomic E-state index is 13.5. The Morgan fingerprint density at radius 2 is 1.82 bits per heavy atom. The Hall–Kier alpha value is -5.29. The first-order valence-electron chi connectivity index (χ1n) is 20.2. The van der Waals surface area contributed by atoms with E-state index in [1.54, 1.807) is 60.8 Å². The molecule has 62 heavy (non-hydrogen) atoms. The van der Waals surface area contributed by atoms with Crippen LogP contribution < -0.4 is 15.9 Å². The molecule has 1 fully saturated rings. The minimum atomic E-state index is -1.84. The number of aromatic nitrogens is 3. The minimum Gasteiger partial charge on any atom is -0.508 e. The SMILES string of the molecule is CC[C@@]1(O)C(=O)OCc2c1cc1n(c2=O)Cc2cc3c(CN(C)C)c(O)ccc3nc2-1.COc1cc(C)[nH]c(=O)c1CN1CCc2c(Cl)cc(C(OC)C3COC3)c(Cl)c2C1=O. The fourth-order valence-electron chi connectivity index (χ4n) is 8.81. The molecule has 3 aromatic heterocycles. The van der Waals surface area contributed by atoms with E-state index in [0.717, 1.165) is 22.1 Å². The molecule has 15 nitrogen and oxygen atoms in total. The van der Waals surface area contributed by atoms with Crippen LogP contribution in [0.25, 0.3) is 22.3 Å². The Balaban J connectivity index is 0.000000171. The molecule has 17 heteroatoms. The molecule has 0 radical (unpaired) electrons. The Kier molecular flexibility index (Phi) is 11.7. The van der Waals surface area contributed by atoms with E-state index >= 15 is 0 Å². The summed E-state index contributed by atoms with van der Waals surface area (Å²) in [6.07, 6.45) is 0.329. The summed E-state index contributed by atoms with van der Waals surface area (Å²) >= 11 is 13.3. The smallest absolute Gasteiger partial charge is 0.343 e. The predicted molar refractivity (Wildman–Crippen MR) is 231 cm³/mol. The predicted octanol–water partition coefficient (Wildman–Crippen LogP) is 5.38. The molecule has 2 aromatic carbocycles. The number of halogens is 2. The summed E-state index contributed by atoms with van der Waals surface area (Å²) in [6.45, 7) is 5.85. The highest BCUT2D eigenvalue weighted by Crippen LogP contribution is 2.43. The lowest BCUT2D eigenvalue weighted by Gasteiger charge is -2.35. The Morgan fingerprint density at radius 3 is 2.48 bits per heavy atom. The number of ether oxygens (including phenoxy) is 4. The van der Waals surface area contributed by atoms with Crippen molar-refractivity contribution >= 4 is 46.0 Å². The first-order chi connectivity index (χ1) is 29.6. The number of nitrogens with one attached hydrogen (secondary N) is 1. The number of esters is 1. The Labute approximate surface area is 366 Å². The second kappa shape index (κ2) is 16.8. The molecular formula is C45H47Cl2N5O10. The van der Waals surface area contributed by atoms with Gasteiger partial charge in [0, 0.05) is 64.5 Å². The molecular weight excluding hydrogens is 841 g/mol. The van der Waals surface area contributed by atoms with Gasteiger partial charge in [0.1, 0.15) is 18.1 Å². The van der Waals surface area contributed by atoms with Gasteiger partial charge in [-0.05, 0) is 75.8 Å². The summed E-state index contributed by atoms with van der Waals surface area (Å²) in [5, 5.41) is 23.0. The monoisotopic (exact) mass is 887 g/mol. The zero-order chi connectivity index (χ0) is 44.4. The van der Waals surface area contributed by atoms with Gasteiger partial charge in [-0.1, -0.05) is 30.1 Å². The van der Waals surface area contributed by atoms with Crippen molar-refractivity contribution in [2.75, 3.05) is 48.1 Å². The number of phenols is 1. The molecule has 0 saturated carbocycles. The molecule has 7 heterocycles. The number of aromatic amines is 1. The summed E-state index contributed by atoms with van der Waals surface area (Å²) in [6, 6.07) is 10.6. The lowest BCUT2D eigenvalue weighted by molar-refractivity contribution is -0.172. The second-order valence-corrected chi connectivity index (χ2v) is 17.1. The van der Waals surface area contributed by atoms with Crippen molar-refractivity contribution in [1.82, 2.24) is 24.3 Å². The first kappa shape index (κ1) is 43.4. The van der Waals surface area contributed by atoms with Crippen molar-refractivity contribution in [2.24, 2.45) is 5.92 Å². The van der Waals surface area contributed by atoms with Gasteiger partial charge in [-0.3, -0.25) is 14.4 Å². The van der Waals surface area contributed by atoms with E-state index in [1.807, 2.05) is 25.1 Å². The van der Waals surface area contributed by atoms with Crippen LogP contribution >= 0.6 is 23.2 Å². The van der Waals surface area contributed by atoms with E-state index in [9.17, 15) is 29.4 Å². The third kappa shape index (κ3) is 7.33. The van der Waals surface area contributed by atoms with Gasteiger partial charge >= 0.3 is 5.97 Å². The van der Waals surface area contributed by atoms with Crippen LogP contribution in [0.1, 0.15) is 74.4 Å². The zero-order valence-electron chi connectivity index (χ0n) is 35.2. The maximum Gasteiger partial charge on any atom is 0.343 e. The van der Waals surface area contributed by atoms with Crippen molar-refractivity contribution in [3.63, 3.8) is 0 Å². The number of aromatic hydroxyl groups is 1. The van der Waals surface area contributed by atoms with Gasteiger partial charge in [0.25, 0.3) is 17.0 Å². The van der Waals surface area contributed by atoms with Crippen molar-refractivity contribution in [3.8, 4) is 22.9 Å². The second-order valence-electron chi connectivity index (χ2n) is 16.3. The number of benzene rings is 2. The number of aliphatic hydroxyl groups is 1. The molecule has 1 amide bonds. The van der Waals surface area contributed by atoms with E-state index in [1.165, 1.54) is 7.11 Å². The third-order valence-corrected chi connectivity index (χ3v) is 12.9. The number of hydrogen-bond acceptors (Lipinski definition) is 12. The summed E-state index contributed by atoms with van der Waals surface area (Å²) in [4.78, 5) is 62.6. The molecule has 1 saturated heterocycles. The van der Waals surface area contributed by atoms with Crippen LogP contribution in [0.2, 0.25) is 10.0 Å². The highest BCUT2D eigenvalue weighted by molar-refractivity contribution is 6.37. The molecule has 0 aliphatic carbocycles. The summed E-state index contributed by atoms with van der Waals surface area (Å²) in [5.74, 6) is -0.198. The standard InChI is InChI=1S/C23H23N3O5.C22H24Cl2N2O5/c1-4-23(30)16-8-18-20-12(9-26(18)21(28)15(16)11-31-22(23)29)7-13-14(10-25(2)3)19(27)6-5-17(13)24-20;1-11-6-17(29-2)15(21(27)25-11)8-26-5-4-13-16(23)7-14(19(24)18(13)22(26)28)20(30-3)12-9-31-10-12/h5-8,27,30H,4,9-11H2,1-3H3;6-7,12,20H,4-5,8-10H2,1-3H3,(H,25,27)/t23-;/m0./s1. The topological polar surface area (TPSA) is 186 Å². The minimum absolute atomic E-state index is 0.104. The van der Waals surface area contributed by atoms with Gasteiger partial charge in [0.15, 0.2) is 5.60 Å². The molecule has 9 rings (SSSR count). The number of H-pyrrole nitrogens is 1. The number of fused-ring (bicyclic) bond motifs is 6. The lowest BCUT2D eigenvalue weighted by Crippen LogP contribution is -2.44. The van der Waals surface area contributed by atoms with Gasteiger partial charge in [-0.25, -0.2) is 9.78 Å². The van der Waals surface area contributed by atoms with Gasteiger partial charge in [-0.15, -0.1) is 0 Å². The molecule has 4 aliphatic heterocycles. The summed E-state index contributed by atoms with van der Waals surface area (Å²) in [7, 11) is 6.97. The molecule has 0 bridgehead atoms. The van der Waals surface area contributed by atoms with Crippen LogP contribution in [-0.2, 0) is 57.3 Å². The molecule has 2 atom stereocenters. The summed E-state index contributed by atoms with van der Waals surface area (Å²) in [5.41, 5.74) is 4.61. The third-order valence-electron chi connectivity index (χ3n) is 12.2. The van der Waals surface area contributed by atoms with Gasteiger partial charge < -0.3 is 48.5 Å². The number of cyclic esters (lactones) is 1. The Bertz CT molecular complexity index is 2780. The normalized spacial score (nSPS) is 18.3. The number of pyridine rings is 3. The van der Waals surface area contributed by atoms with Crippen LogP contribution in [0.4, 0.5) is 0 Å². The number of methoxy groups -OCH3 is 2. The van der Waals surface area contributed by atoms with E-state index in [4.69, 9.17) is 47.1 Å². The number of carbonyl (C=O) groups is 2. The maximum absolute atomic E-state index is 13.5. The molecule has 3 N–H and O–H groups in total. The number of hydrogen-bond donors (Lipinski definition) is 3. The largest absolute Gasteiger partial charge is 0.508 e. The van der Waals surface area contributed by atoms with Crippen LogP contribution in [0.15, 0.2) is 46.0 Å². The highest BCUT2D eigenvalue weighted by atomic mass is 35.5. The number of amides is 1. The van der Waals surface area contributed by atoms with E-state index in [2.05, 4.69) is 4.98 Å². The molecule has 1 unspecified atom stereocenters. The summed E-state index contributed by atoms with van der Waals surface area (Å²) < 4.78 is 23.1.